The number of guanidine groups is 1. The molecule has 0 atom stereocenters. The van der Waals surface area contributed by atoms with Gasteiger partial charge in [-0.05, 0) is 36.8 Å². The maximum absolute atomic E-state index is 12.2. The molecule has 2 N–H and O–H groups in total. The molecule has 0 radical (unpaired) electrons. The van der Waals surface area contributed by atoms with Gasteiger partial charge in [-0.1, -0.05) is 12.1 Å². The number of sulfonamides is 1. The van der Waals surface area contributed by atoms with E-state index < -0.39 is 10.0 Å². The molecule has 1 heterocycles. The third kappa shape index (κ3) is 5.95. The highest BCUT2D eigenvalue weighted by atomic mass is 32.2. The van der Waals surface area contributed by atoms with Gasteiger partial charge in [0.15, 0.2) is 5.96 Å². The van der Waals surface area contributed by atoms with E-state index >= 15 is 0 Å². The quantitative estimate of drug-likeness (QED) is 0.515. The summed E-state index contributed by atoms with van der Waals surface area (Å²) in [4.78, 5) is 5.49. The first-order valence-corrected chi connectivity index (χ1v) is 10.8. The summed E-state index contributed by atoms with van der Waals surface area (Å²) in [5.41, 5.74) is 1.07. The molecule has 0 unspecified atom stereocenters. The lowest BCUT2D eigenvalue weighted by atomic mass is 10.2. The lowest BCUT2D eigenvalue weighted by Crippen LogP contribution is -2.36. The number of benzene rings is 1. The molecule has 7 nitrogen and oxygen atoms in total. The second-order valence-corrected chi connectivity index (χ2v) is 9.45. The van der Waals surface area contributed by atoms with Crippen LogP contribution in [0.2, 0.25) is 0 Å². The van der Waals surface area contributed by atoms with Crippen molar-refractivity contribution in [3.8, 4) is 5.75 Å². The Kier molecular flexibility index (Phi) is 7.64. The van der Waals surface area contributed by atoms with Crippen LogP contribution in [0.15, 0.2) is 45.6 Å². The fraction of sp³-hybridized carbons (Fsp3) is 0.389. The fourth-order valence-corrected chi connectivity index (χ4v) is 4.65. The molecule has 0 spiro atoms. The van der Waals surface area contributed by atoms with E-state index in [1.165, 1.54) is 29.7 Å². The monoisotopic (exact) mass is 410 g/mol. The fourth-order valence-electron chi connectivity index (χ4n) is 2.19. The first kappa shape index (κ1) is 21.2. The molecule has 1 aromatic carbocycles. The van der Waals surface area contributed by atoms with E-state index in [9.17, 15) is 8.42 Å². The Morgan fingerprint density at radius 1 is 1.15 bits per heavy atom. The zero-order chi connectivity index (χ0) is 19.9. The van der Waals surface area contributed by atoms with Gasteiger partial charge in [-0.2, -0.15) is 0 Å². The summed E-state index contributed by atoms with van der Waals surface area (Å²) in [6, 6.07) is 11.2. The average molecular weight is 411 g/mol. The number of nitrogens with zero attached hydrogens (tertiary/aromatic N) is 2. The highest BCUT2D eigenvalue weighted by Gasteiger charge is 2.19. The normalized spacial score (nSPS) is 12.3. The molecule has 2 aromatic rings. The molecule has 0 amide bonds. The summed E-state index contributed by atoms with van der Waals surface area (Å²) in [7, 11) is 1.31. The molecule has 27 heavy (non-hydrogen) atoms. The van der Waals surface area contributed by atoms with Crippen LogP contribution in [0.3, 0.4) is 0 Å². The number of nitrogens with one attached hydrogen (secondary N) is 2. The Hall–Kier alpha value is -2.10. The molecule has 9 heteroatoms. The van der Waals surface area contributed by atoms with Gasteiger partial charge in [-0.3, -0.25) is 0 Å². The predicted octanol–water partition coefficient (Wildman–Crippen LogP) is 2.26. The lowest BCUT2D eigenvalue weighted by molar-refractivity contribution is 0.414. The van der Waals surface area contributed by atoms with Gasteiger partial charge in [0.1, 0.15) is 9.96 Å². The van der Waals surface area contributed by atoms with Gasteiger partial charge in [0.25, 0.3) is 10.0 Å². The second kappa shape index (κ2) is 9.72. The van der Waals surface area contributed by atoms with Crippen LogP contribution in [0, 0.1) is 0 Å². The molecule has 0 aliphatic carbocycles. The Labute approximate surface area is 165 Å². The molecule has 148 valence electrons. The average Bonchev–Trinajstić information content (AvgIpc) is 3.14. The Balaban J connectivity index is 2.00. The van der Waals surface area contributed by atoms with Gasteiger partial charge < -0.3 is 15.4 Å². The van der Waals surface area contributed by atoms with Crippen molar-refractivity contribution in [1.82, 2.24) is 14.9 Å². The van der Waals surface area contributed by atoms with Crippen molar-refractivity contribution in [3.05, 3.63) is 46.8 Å². The number of hydrogen-bond acceptors (Lipinski definition) is 5. The van der Waals surface area contributed by atoms with Gasteiger partial charge in [0.2, 0.25) is 0 Å². The first-order valence-electron chi connectivity index (χ1n) is 8.53. The first-order chi connectivity index (χ1) is 12.9. The predicted molar refractivity (Wildman–Crippen MR) is 110 cm³/mol. The van der Waals surface area contributed by atoms with E-state index in [-0.39, 0.29) is 0 Å². The molecule has 0 saturated carbocycles. The van der Waals surface area contributed by atoms with Crippen LogP contribution in [0.1, 0.15) is 17.4 Å². The number of aliphatic imine (C=N–C) groups is 1. The molecular formula is C18H26N4O3S2. The molecule has 0 saturated heterocycles. The summed E-state index contributed by atoms with van der Waals surface area (Å²) in [6.07, 6.45) is 0. The number of ether oxygens (including phenoxy) is 1. The number of thiophene rings is 1. The van der Waals surface area contributed by atoms with Gasteiger partial charge in [-0.15, -0.1) is 11.3 Å². The molecule has 1 aromatic heterocycles. The second-order valence-electron chi connectivity index (χ2n) is 5.90. The van der Waals surface area contributed by atoms with Crippen molar-refractivity contribution in [2.45, 2.75) is 24.2 Å². The SMILES string of the molecule is CCNC(=NCc1ccc(OC)cc1)NCc1ccc(S(=O)(=O)N(C)C)s1. The zero-order valence-electron chi connectivity index (χ0n) is 16.0. The smallest absolute Gasteiger partial charge is 0.252 e. The van der Waals surface area contributed by atoms with Crippen LogP contribution >= 0.6 is 11.3 Å². The highest BCUT2D eigenvalue weighted by molar-refractivity contribution is 7.91. The molecule has 2 rings (SSSR count). The van der Waals surface area contributed by atoms with E-state index in [1.54, 1.807) is 13.2 Å². The molecule has 0 aliphatic heterocycles. The third-order valence-corrected chi connectivity index (χ3v) is 7.09. The van der Waals surface area contributed by atoms with Crippen LogP contribution in [0.25, 0.3) is 0 Å². The molecule has 0 bridgehead atoms. The summed E-state index contributed by atoms with van der Waals surface area (Å²) in [6.45, 7) is 3.77. The van der Waals surface area contributed by atoms with Crippen LogP contribution < -0.4 is 15.4 Å². The van der Waals surface area contributed by atoms with Crippen molar-refractivity contribution in [2.75, 3.05) is 27.7 Å². The lowest BCUT2D eigenvalue weighted by Gasteiger charge is -2.11. The molecule has 0 aliphatic rings. The number of methoxy groups -OCH3 is 1. The highest BCUT2D eigenvalue weighted by Crippen LogP contribution is 2.23. The van der Waals surface area contributed by atoms with E-state index in [4.69, 9.17) is 4.74 Å². The van der Waals surface area contributed by atoms with Crippen molar-refractivity contribution in [2.24, 2.45) is 4.99 Å². The van der Waals surface area contributed by atoms with E-state index in [2.05, 4.69) is 15.6 Å². The van der Waals surface area contributed by atoms with E-state index in [1.807, 2.05) is 37.3 Å². The minimum absolute atomic E-state index is 0.337. The van der Waals surface area contributed by atoms with Crippen molar-refractivity contribution in [3.63, 3.8) is 0 Å². The zero-order valence-corrected chi connectivity index (χ0v) is 17.7. The van der Waals surface area contributed by atoms with Crippen molar-refractivity contribution < 1.29 is 13.2 Å². The minimum atomic E-state index is -3.39. The minimum Gasteiger partial charge on any atom is -0.497 e. The van der Waals surface area contributed by atoms with Gasteiger partial charge in [-0.25, -0.2) is 17.7 Å². The largest absolute Gasteiger partial charge is 0.497 e. The van der Waals surface area contributed by atoms with Crippen LogP contribution in [-0.4, -0.2) is 46.4 Å². The maximum Gasteiger partial charge on any atom is 0.252 e. The van der Waals surface area contributed by atoms with E-state index in [0.717, 1.165) is 22.7 Å². The molecule has 0 fully saturated rings. The molecular weight excluding hydrogens is 384 g/mol. The van der Waals surface area contributed by atoms with Gasteiger partial charge >= 0.3 is 0 Å². The van der Waals surface area contributed by atoms with E-state index in [0.29, 0.717) is 23.3 Å². The summed E-state index contributed by atoms with van der Waals surface area (Å²) < 4.78 is 31.0. The topological polar surface area (TPSA) is 83.0 Å². The summed E-state index contributed by atoms with van der Waals surface area (Å²) in [5.74, 6) is 1.49. The van der Waals surface area contributed by atoms with Crippen molar-refractivity contribution in [1.29, 1.82) is 0 Å². The third-order valence-electron chi connectivity index (χ3n) is 3.73. The Morgan fingerprint density at radius 3 is 2.44 bits per heavy atom. The van der Waals surface area contributed by atoms with Crippen LogP contribution in [0.4, 0.5) is 0 Å². The Morgan fingerprint density at radius 2 is 1.85 bits per heavy atom. The maximum atomic E-state index is 12.2. The van der Waals surface area contributed by atoms with Crippen LogP contribution in [0.5, 0.6) is 5.75 Å². The Bertz CT molecular complexity index is 859. The number of rotatable bonds is 8. The number of hydrogen-bond donors (Lipinski definition) is 2. The summed E-state index contributed by atoms with van der Waals surface area (Å²) >= 11 is 1.26. The van der Waals surface area contributed by atoms with Gasteiger partial charge in [0, 0.05) is 25.5 Å². The van der Waals surface area contributed by atoms with Gasteiger partial charge in [0.05, 0.1) is 20.2 Å². The standard InChI is InChI=1S/C18H26N4O3S2/c1-5-19-18(20-12-14-6-8-15(25-4)9-7-14)21-13-16-10-11-17(26-16)27(23,24)22(2)3/h6-11H,5,12-13H2,1-4H3,(H2,19,20,21). The summed E-state index contributed by atoms with van der Waals surface area (Å²) in [5, 5.41) is 6.43. The van der Waals surface area contributed by atoms with Crippen LogP contribution in [-0.2, 0) is 23.1 Å². The van der Waals surface area contributed by atoms with Crippen molar-refractivity contribution >= 4 is 27.3 Å².